The predicted octanol–water partition coefficient (Wildman–Crippen LogP) is 3.49. The van der Waals surface area contributed by atoms with E-state index < -0.39 is 22.9 Å². The summed E-state index contributed by atoms with van der Waals surface area (Å²) in [6.45, 7) is 14.8. The van der Waals surface area contributed by atoms with Gasteiger partial charge in [-0.2, -0.15) is 0 Å². The molecule has 0 aliphatic carbocycles. The Balaban J connectivity index is 3.13. The van der Waals surface area contributed by atoms with E-state index in [0.29, 0.717) is 12.5 Å². The molecule has 0 heterocycles. The molecule has 0 saturated heterocycles. The highest BCUT2D eigenvalue weighted by Gasteiger charge is 2.40. The van der Waals surface area contributed by atoms with E-state index in [1.54, 1.807) is 19.0 Å². The fourth-order valence-corrected chi connectivity index (χ4v) is 3.76. The van der Waals surface area contributed by atoms with Gasteiger partial charge in [-0.3, -0.25) is 9.59 Å². The van der Waals surface area contributed by atoms with Crippen molar-refractivity contribution in [2.75, 3.05) is 20.6 Å². The summed E-state index contributed by atoms with van der Waals surface area (Å²) in [7, 11) is 3.57. The third kappa shape index (κ3) is 6.75. The molecule has 0 aliphatic heterocycles. The average molecular weight is 422 g/mol. The van der Waals surface area contributed by atoms with Crippen LogP contribution in [0.4, 0.5) is 0 Å². The van der Waals surface area contributed by atoms with E-state index in [1.807, 2.05) is 58.9 Å². The topological polar surface area (TPSA) is 61.4 Å². The van der Waals surface area contributed by atoms with Crippen LogP contribution in [0.1, 0.15) is 54.0 Å². The summed E-state index contributed by atoms with van der Waals surface area (Å²) in [5.74, 6) is 0.115. The molecular formula is C23H39N3O2S. The first-order chi connectivity index (χ1) is 13.2. The van der Waals surface area contributed by atoms with Crippen LogP contribution >= 0.6 is 12.6 Å². The molecule has 2 unspecified atom stereocenters. The maximum absolute atomic E-state index is 13.3. The third-order valence-electron chi connectivity index (χ3n) is 5.30. The molecule has 0 spiro atoms. The molecule has 0 radical (unpaired) electrons. The SMILES string of the molecule is CNC(C(=O)NC(C(=O)N(C)CC(C)C)C(C)(C)C)C(C)(C)c1ccc(S)cc1. The quantitative estimate of drug-likeness (QED) is 0.563. The Labute approximate surface area is 182 Å². The molecule has 1 aromatic carbocycles. The Hall–Kier alpha value is -1.53. The van der Waals surface area contributed by atoms with Crippen molar-refractivity contribution in [3.05, 3.63) is 29.8 Å². The number of rotatable bonds is 8. The molecule has 1 aromatic rings. The molecule has 1 rings (SSSR count). The Morgan fingerprint density at radius 2 is 1.55 bits per heavy atom. The van der Waals surface area contributed by atoms with Crippen molar-refractivity contribution in [2.45, 2.75) is 70.9 Å². The van der Waals surface area contributed by atoms with E-state index in [1.165, 1.54) is 0 Å². The van der Waals surface area contributed by atoms with Crippen LogP contribution in [0.25, 0.3) is 0 Å². The minimum Gasteiger partial charge on any atom is -0.344 e. The molecule has 0 fully saturated rings. The Morgan fingerprint density at radius 1 is 1.03 bits per heavy atom. The Bertz CT molecular complexity index is 693. The molecule has 2 amide bonds. The summed E-state index contributed by atoms with van der Waals surface area (Å²) in [4.78, 5) is 29.0. The Morgan fingerprint density at radius 3 is 1.97 bits per heavy atom. The van der Waals surface area contributed by atoms with Gasteiger partial charge in [0.1, 0.15) is 6.04 Å². The third-order valence-corrected chi connectivity index (χ3v) is 5.60. The van der Waals surface area contributed by atoms with Crippen LogP contribution < -0.4 is 10.6 Å². The maximum atomic E-state index is 13.3. The number of nitrogens with one attached hydrogen (secondary N) is 2. The van der Waals surface area contributed by atoms with Crippen LogP contribution in [-0.2, 0) is 15.0 Å². The van der Waals surface area contributed by atoms with Crippen molar-refractivity contribution in [2.24, 2.45) is 11.3 Å². The van der Waals surface area contributed by atoms with Crippen LogP contribution in [0.15, 0.2) is 29.2 Å². The standard InChI is InChI=1S/C23H39N3O2S/c1-15(2)14-26(9)21(28)19(22(3,4)5)25-20(27)18(24-8)23(6,7)16-10-12-17(29)13-11-16/h10-13,15,18-19,24,29H,14H2,1-9H3,(H,25,27). The Kier molecular flexibility index (Phi) is 8.78. The van der Waals surface area contributed by atoms with Crippen LogP contribution in [0.2, 0.25) is 0 Å². The summed E-state index contributed by atoms with van der Waals surface area (Å²) in [5.41, 5.74) is 0.143. The van der Waals surface area contributed by atoms with Crippen molar-refractivity contribution < 1.29 is 9.59 Å². The zero-order valence-electron chi connectivity index (χ0n) is 19.5. The van der Waals surface area contributed by atoms with Gasteiger partial charge < -0.3 is 15.5 Å². The second-order valence-corrected chi connectivity index (χ2v) is 10.4. The second-order valence-electron chi connectivity index (χ2n) is 9.91. The van der Waals surface area contributed by atoms with Crippen molar-refractivity contribution >= 4 is 24.4 Å². The van der Waals surface area contributed by atoms with Gasteiger partial charge in [-0.25, -0.2) is 0 Å². The van der Waals surface area contributed by atoms with Gasteiger partial charge in [-0.05, 0) is 36.1 Å². The fourth-order valence-electron chi connectivity index (χ4n) is 3.61. The van der Waals surface area contributed by atoms with Crippen molar-refractivity contribution in [3.8, 4) is 0 Å². The molecule has 29 heavy (non-hydrogen) atoms. The summed E-state index contributed by atoms with van der Waals surface area (Å²) >= 11 is 4.35. The number of hydrogen-bond acceptors (Lipinski definition) is 4. The van der Waals surface area contributed by atoms with Crippen LogP contribution in [0.3, 0.4) is 0 Å². The molecule has 164 valence electrons. The molecular weight excluding hydrogens is 382 g/mol. The first-order valence-corrected chi connectivity index (χ1v) is 10.7. The molecule has 2 N–H and O–H groups in total. The fraction of sp³-hybridized carbons (Fsp3) is 0.652. The zero-order valence-corrected chi connectivity index (χ0v) is 20.4. The smallest absolute Gasteiger partial charge is 0.245 e. The number of benzene rings is 1. The number of nitrogens with zero attached hydrogens (tertiary/aromatic N) is 1. The lowest BCUT2D eigenvalue weighted by Crippen LogP contribution is -2.61. The molecule has 0 aliphatic rings. The predicted molar refractivity (Wildman–Crippen MR) is 123 cm³/mol. The lowest BCUT2D eigenvalue weighted by atomic mass is 9.76. The molecule has 0 bridgehead atoms. The summed E-state index contributed by atoms with van der Waals surface area (Å²) in [6.07, 6.45) is 0. The van der Waals surface area contributed by atoms with E-state index in [0.717, 1.165) is 10.5 Å². The molecule has 5 nitrogen and oxygen atoms in total. The number of thiol groups is 1. The van der Waals surface area contributed by atoms with Crippen molar-refractivity contribution in [1.29, 1.82) is 0 Å². The van der Waals surface area contributed by atoms with Crippen LogP contribution in [0.5, 0.6) is 0 Å². The highest BCUT2D eigenvalue weighted by Crippen LogP contribution is 2.29. The maximum Gasteiger partial charge on any atom is 0.245 e. The first kappa shape index (κ1) is 25.5. The lowest BCUT2D eigenvalue weighted by molar-refractivity contribution is -0.139. The number of carbonyl (C=O) groups is 2. The van der Waals surface area contributed by atoms with E-state index in [2.05, 4.69) is 37.1 Å². The van der Waals surface area contributed by atoms with E-state index in [9.17, 15) is 9.59 Å². The van der Waals surface area contributed by atoms with Gasteiger partial charge in [0.2, 0.25) is 11.8 Å². The normalized spacial score (nSPS) is 14.4. The zero-order chi connectivity index (χ0) is 22.6. The van der Waals surface area contributed by atoms with Gasteiger partial charge >= 0.3 is 0 Å². The second kappa shape index (κ2) is 9.98. The minimum absolute atomic E-state index is 0.0633. The number of hydrogen-bond donors (Lipinski definition) is 3. The molecule has 0 saturated carbocycles. The number of carbonyl (C=O) groups excluding carboxylic acids is 2. The molecule has 6 heteroatoms. The molecule has 2 atom stereocenters. The van der Waals surface area contributed by atoms with E-state index in [-0.39, 0.29) is 11.8 Å². The van der Waals surface area contributed by atoms with Gasteiger partial charge in [-0.1, -0.05) is 60.6 Å². The van der Waals surface area contributed by atoms with E-state index >= 15 is 0 Å². The van der Waals surface area contributed by atoms with Gasteiger partial charge in [0.05, 0.1) is 6.04 Å². The summed E-state index contributed by atoms with van der Waals surface area (Å²) < 4.78 is 0. The summed E-state index contributed by atoms with van der Waals surface area (Å²) in [5, 5.41) is 6.20. The first-order valence-electron chi connectivity index (χ1n) is 10.2. The van der Waals surface area contributed by atoms with Crippen molar-refractivity contribution in [1.82, 2.24) is 15.5 Å². The van der Waals surface area contributed by atoms with E-state index in [4.69, 9.17) is 0 Å². The van der Waals surface area contributed by atoms with Gasteiger partial charge in [0.15, 0.2) is 0 Å². The highest BCUT2D eigenvalue weighted by atomic mass is 32.1. The minimum atomic E-state index is -0.606. The van der Waals surface area contributed by atoms with Crippen LogP contribution in [-0.4, -0.2) is 49.4 Å². The highest BCUT2D eigenvalue weighted by molar-refractivity contribution is 7.80. The number of likely N-dealkylation sites (N-methyl/N-ethyl adjacent to an activating group) is 2. The lowest BCUT2D eigenvalue weighted by Gasteiger charge is -2.38. The molecule has 0 aromatic heterocycles. The monoisotopic (exact) mass is 421 g/mol. The van der Waals surface area contributed by atoms with Gasteiger partial charge in [0, 0.05) is 23.9 Å². The average Bonchev–Trinajstić information content (AvgIpc) is 2.58. The van der Waals surface area contributed by atoms with Crippen LogP contribution in [0, 0.1) is 11.3 Å². The van der Waals surface area contributed by atoms with Gasteiger partial charge in [0.25, 0.3) is 0 Å². The van der Waals surface area contributed by atoms with Crippen molar-refractivity contribution in [3.63, 3.8) is 0 Å². The number of amides is 2. The van der Waals surface area contributed by atoms with Gasteiger partial charge in [-0.15, -0.1) is 12.6 Å². The summed E-state index contributed by atoms with van der Waals surface area (Å²) in [6, 6.07) is 6.72. The largest absolute Gasteiger partial charge is 0.344 e.